The van der Waals surface area contributed by atoms with Crippen LogP contribution in [0.5, 0.6) is 5.75 Å². The van der Waals surface area contributed by atoms with E-state index in [9.17, 15) is 9.90 Å². The first-order valence-electron chi connectivity index (χ1n) is 7.15. The normalized spacial score (nSPS) is 12.0. The number of hydrogen-bond acceptors (Lipinski definition) is 2. The van der Waals surface area contributed by atoms with Crippen molar-refractivity contribution < 1.29 is 14.6 Å². The molecule has 0 amide bonds. The summed E-state index contributed by atoms with van der Waals surface area (Å²) < 4.78 is 5.79. The monoisotopic (exact) mass is 292 g/mol. The van der Waals surface area contributed by atoms with E-state index in [4.69, 9.17) is 4.74 Å². The number of rotatable bonds is 5. The van der Waals surface area contributed by atoms with E-state index in [0.717, 1.165) is 16.3 Å². The molecular weight excluding hydrogens is 276 g/mol. The Labute approximate surface area is 128 Å². The molecule has 0 fully saturated rings. The summed E-state index contributed by atoms with van der Waals surface area (Å²) in [5, 5.41) is 11.4. The van der Waals surface area contributed by atoms with E-state index in [1.54, 1.807) is 0 Å². The Bertz CT molecular complexity index is 776. The molecule has 1 atom stereocenters. The Hall–Kier alpha value is -2.81. The third-order valence-corrected chi connectivity index (χ3v) is 3.56. The molecule has 0 saturated heterocycles. The lowest BCUT2D eigenvalue weighted by atomic mass is 10.1. The van der Waals surface area contributed by atoms with Gasteiger partial charge < -0.3 is 9.84 Å². The number of ether oxygens (including phenoxy) is 1. The first-order chi connectivity index (χ1) is 10.7. The lowest BCUT2D eigenvalue weighted by Gasteiger charge is -2.16. The summed E-state index contributed by atoms with van der Waals surface area (Å²) in [4.78, 5) is 11.5. The number of hydrogen-bond donors (Lipinski definition) is 1. The smallest absolute Gasteiger partial charge is 0.345 e. The number of benzene rings is 3. The second kappa shape index (κ2) is 6.31. The van der Waals surface area contributed by atoms with E-state index in [2.05, 4.69) is 0 Å². The van der Waals surface area contributed by atoms with Crippen molar-refractivity contribution in [3.8, 4) is 5.75 Å². The van der Waals surface area contributed by atoms with Crippen LogP contribution in [0.2, 0.25) is 0 Å². The highest BCUT2D eigenvalue weighted by molar-refractivity contribution is 5.88. The van der Waals surface area contributed by atoms with Gasteiger partial charge in [0.25, 0.3) is 0 Å². The Morgan fingerprint density at radius 2 is 1.59 bits per heavy atom. The van der Waals surface area contributed by atoms with E-state index >= 15 is 0 Å². The van der Waals surface area contributed by atoms with E-state index < -0.39 is 12.1 Å². The third kappa shape index (κ3) is 3.09. The summed E-state index contributed by atoms with van der Waals surface area (Å²) >= 11 is 0. The molecule has 0 aliphatic carbocycles. The van der Waals surface area contributed by atoms with Crippen LogP contribution < -0.4 is 4.74 Å². The van der Waals surface area contributed by atoms with Crippen molar-refractivity contribution in [1.29, 1.82) is 0 Å². The van der Waals surface area contributed by atoms with Crippen molar-refractivity contribution >= 4 is 16.7 Å². The summed E-state index contributed by atoms with van der Waals surface area (Å²) in [6.45, 7) is 0. The van der Waals surface area contributed by atoms with Gasteiger partial charge in [-0.2, -0.15) is 0 Å². The molecule has 3 heteroatoms. The molecular formula is C19H16O3. The average molecular weight is 292 g/mol. The van der Waals surface area contributed by atoms with Gasteiger partial charge in [-0.3, -0.25) is 0 Å². The molecule has 22 heavy (non-hydrogen) atoms. The largest absolute Gasteiger partial charge is 0.478 e. The predicted molar refractivity (Wildman–Crippen MR) is 86.1 cm³/mol. The first kappa shape index (κ1) is 14.1. The van der Waals surface area contributed by atoms with Gasteiger partial charge in [0.1, 0.15) is 5.75 Å². The van der Waals surface area contributed by atoms with Gasteiger partial charge in [0, 0.05) is 11.8 Å². The molecule has 110 valence electrons. The molecule has 1 N–H and O–H groups in total. The number of aliphatic carboxylic acids is 1. The Kier molecular flexibility index (Phi) is 4.05. The van der Waals surface area contributed by atoms with Crippen LogP contribution in [-0.2, 0) is 11.2 Å². The Morgan fingerprint density at radius 3 is 2.36 bits per heavy atom. The molecule has 3 rings (SSSR count). The van der Waals surface area contributed by atoms with Gasteiger partial charge in [-0.1, -0.05) is 66.7 Å². The minimum Gasteiger partial charge on any atom is -0.478 e. The van der Waals surface area contributed by atoms with Gasteiger partial charge >= 0.3 is 5.97 Å². The summed E-state index contributed by atoms with van der Waals surface area (Å²) in [5.41, 5.74) is 0.940. The Balaban J connectivity index is 1.88. The highest BCUT2D eigenvalue weighted by Crippen LogP contribution is 2.26. The first-order valence-corrected chi connectivity index (χ1v) is 7.15. The second-order valence-electron chi connectivity index (χ2n) is 5.11. The standard InChI is InChI=1S/C19H16O3/c20-19(21)18(13-14-7-2-1-3-8-14)22-17-12-6-10-15-9-4-5-11-16(15)17/h1-12,18H,13H2,(H,20,21). The van der Waals surface area contributed by atoms with Crippen LogP contribution in [0.15, 0.2) is 72.8 Å². The number of carboxylic acids is 1. The predicted octanol–water partition coefficient (Wildman–Crippen LogP) is 3.91. The lowest BCUT2D eigenvalue weighted by molar-refractivity contribution is -0.144. The van der Waals surface area contributed by atoms with E-state index in [-0.39, 0.29) is 0 Å². The van der Waals surface area contributed by atoms with Crippen LogP contribution in [0.1, 0.15) is 5.56 Å². The van der Waals surface area contributed by atoms with Crippen molar-refractivity contribution in [3.05, 3.63) is 78.4 Å². The zero-order chi connectivity index (χ0) is 15.4. The summed E-state index contributed by atoms with van der Waals surface area (Å²) in [5.74, 6) is -0.363. The maximum atomic E-state index is 11.5. The summed E-state index contributed by atoms with van der Waals surface area (Å²) in [6, 6.07) is 23.0. The van der Waals surface area contributed by atoms with Gasteiger partial charge in [-0.25, -0.2) is 4.79 Å². The van der Waals surface area contributed by atoms with E-state index in [1.165, 1.54) is 0 Å². The van der Waals surface area contributed by atoms with Crippen LogP contribution in [-0.4, -0.2) is 17.2 Å². The third-order valence-electron chi connectivity index (χ3n) is 3.56. The summed E-state index contributed by atoms with van der Waals surface area (Å²) in [7, 11) is 0. The maximum absolute atomic E-state index is 11.5. The number of carboxylic acid groups (broad SMARTS) is 1. The zero-order valence-corrected chi connectivity index (χ0v) is 12.0. The molecule has 0 heterocycles. The quantitative estimate of drug-likeness (QED) is 0.775. The van der Waals surface area contributed by atoms with Crippen molar-refractivity contribution in [2.45, 2.75) is 12.5 Å². The fraction of sp³-hybridized carbons (Fsp3) is 0.105. The minimum absolute atomic E-state index is 0.333. The lowest BCUT2D eigenvalue weighted by Crippen LogP contribution is -2.29. The molecule has 0 spiro atoms. The molecule has 3 aromatic rings. The minimum atomic E-state index is -0.961. The van der Waals surface area contributed by atoms with Crippen LogP contribution in [0.4, 0.5) is 0 Å². The highest BCUT2D eigenvalue weighted by Gasteiger charge is 2.20. The van der Waals surface area contributed by atoms with Crippen LogP contribution in [0.25, 0.3) is 10.8 Å². The fourth-order valence-corrected chi connectivity index (χ4v) is 2.46. The average Bonchev–Trinajstić information content (AvgIpc) is 2.55. The number of carbonyl (C=O) groups is 1. The van der Waals surface area contributed by atoms with Gasteiger partial charge in [0.05, 0.1) is 0 Å². The second-order valence-corrected chi connectivity index (χ2v) is 5.11. The van der Waals surface area contributed by atoms with Crippen molar-refractivity contribution in [3.63, 3.8) is 0 Å². The molecule has 1 unspecified atom stereocenters. The molecule has 0 aliphatic rings. The Morgan fingerprint density at radius 1 is 0.909 bits per heavy atom. The molecule has 3 aromatic carbocycles. The van der Waals surface area contributed by atoms with Crippen molar-refractivity contribution in [1.82, 2.24) is 0 Å². The van der Waals surface area contributed by atoms with Gasteiger partial charge in [-0.05, 0) is 17.0 Å². The highest BCUT2D eigenvalue weighted by atomic mass is 16.5. The van der Waals surface area contributed by atoms with Gasteiger partial charge in [0.15, 0.2) is 6.10 Å². The molecule has 0 radical (unpaired) electrons. The van der Waals surface area contributed by atoms with E-state index in [1.807, 2.05) is 72.8 Å². The van der Waals surface area contributed by atoms with Crippen LogP contribution in [0, 0.1) is 0 Å². The van der Waals surface area contributed by atoms with Crippen LogP contribution >= 0.6 is 0 Å². The number of fused-ring (bicyclic) bond motifs is 1. The maximum Gasteiger partial charge on any atom is 0.345 e. The molecule has 0 bridgehead atoms. The van der Waals surface area contributed by atoms with Gasteiger partial charge in [0.2, 0.25) is 0 Å². The molecule has 0 aliphatic heterocycles. The molecule has 0 aromatic heterocycles. The molecule has 0 saturated carbocycles. The molecule has 3 nitrogen and oxygen atoms in total. The van der Waals surface area contributed by atoms with Gasteiger partial charge in [-0.15, -0.1) is 0 Å². The van der Waals surface area contributed by atoms with Crippen LogP contribution in [0.3, 0.4) is 0 Å². The van der Waals surface area contributed by atoms with Crippen molar-refractivity contribution in [2.75, 3.05) is 0 Å². The SMILES string of the molecule is O=C(O)C(Cc1ccccc1)Oc1cccc2ccccc12. The van der Waals surface area contributed by atoms with E-state index in [0.29, 0.717) is 12.2 Å². The van der Waals surface area contributed by atoms with Crippen molar-refractivity contribution in [2.24, 2.45) is 0 Å². The summed E-state index contributed by atoms with van der Waals surface area (Å²) in [6.07, 6.45) is -0.576. The zero-order valence-electron chi connectivity index (χ0n) is 12.0. The fourth-order valence-electron chi connectivity index (χ4n) is 2.46. The topological polar surface area (TPSA) is 46.5 Å².